The molecular weight excluding hydrogens is 267 g/mol. The Balaban J connectivity index is 2.23. The largest absolute Gasteiger partial charge is 0.345 e. The van der Waals surface area contributed by atoms with Gasteiger partial charge in [-0.25, -0.2) is 13.2 Å². The van der Waals surface area contributed by atoms with E-state index in [2.05, 4.69) is 5.32 Å². The van der Waals surface area contributed by atoms with E-state index < -0.39 is 35.0 Å². The van der Waals surface area contributed by atoms with Crippen LogP contribution < -0.4 is 5.32 Å². The second-order valence-corrected chi connectivity index (χ2v) is 4.32. The Kier molecular flexibility index (Phi) is 4.08. The average molecular weight is 279 g/mol. The van der Waals surface area contributed by atoms with Crippen LogP contribution in [0.2, 0.25) is 0 Å². The zero-order valence-corrected chi connectivity index (χ0v) is 10.7. The molecule has 0 aliphatic rings. The third kappa shape index (κ3) is 2.82. The van der Waals surface area contributed by atoms with E-state index in [1.807, 2.05) is 6.07 Å². The van der Waals surface area contributed by atoms with Crippen molar-refractivity contribution in [3.63, 3.8) is 0 Å². The third-order valence-electron chi connectivity index (χ3n) is 2.92. The van der Waals surface area contributed by atoms with Gasteiger partial charge >= 0.3 is 0 Å². The Morgan fingerprint density at radius 1 is 1.00 bits per heavy atom. The smallest absolute Gasteiger partial charge is 0.257 e. The van der Waals surface area contributed by atoms with E-state index in [0.29, 0.717) is 6.07 Å². The summed E-state index contributed by atoms with van der Waals surface area (Å²) in [5.41, 5.74) is -0.133. The fourth-order valence-corrected chi connectivity index (χ4v) is 1.83. The fraction of sp³-hybridized carbons (Fsp3) is 0.133. The standard InChI is InChI=1S/C15H12F3NO/c1-9(10-5-3-2-4-6-10)19-15(20)13-11(16)7-8-12(17)14(13)18/h2-9H,1H3,(H,19,20). The van der Waals surface area contributed by atoms with Crippen molar-refractivity contribution in [2.75, 3.05) is 0 Å². The Morgan fingerprint density at radius 2 is 1.60 bits per heavy atom. The van der Waals surface area contributed by atoms with E-state index in [4.69, 9.17) is 0 Å². The minimum absolute atomic E-state index is 0.453. The Morgan fingerprint density at radius 3 is 2.25 bits per heavy atom. The van der Waals surface area contributed by atoms with Crippen LogP contribution in [0, 0.1) is 17.5 Å². The Hall–Kier alpha value is -2.30. The summed E-state index contributed by atoms with van der Waals surface area (Å²) in [7, 11) is 0. The third-order valence-corrected chi connectivity index (χ3v) is 2.92. The molecule has 1 amide bonds. The first-order valence-electron chi connectivity index (χ1n) is 6.00. The van der Waals surface area contributed by atoms with Gasteiger partial charge in [-0.1, -0.05) is 30.3 Å². The quantitative estimate of drug-likeness (QED) is 0.855. The number of benzene rings is 2. The van der Waals surface area contributed by atoms with E-state index in [0.717, 1.165) is 11.6 Å². The Labute approximate surface area is 114 Å². The summed E-state index contributed by atoms with van der Waals surface area (Å²) in [6, 6.07) is 9.81. The van der Waals surface area contributed by atoms with Gasteiger partial charge in [-0.05, 0) is 24.6 Å². The van der Waals surface area contributed by atoms with Gasteiger partial charge < -0.3 is 5.32 Å². The molecule has 1 atom stereocenters. The number of nitrogens with one attached hydrogen (secondary N) is 1. The summed E-state index contributed by atoms with van der Waals surface area (Å²) in [6.07, 6.45) is 0. The summed E-state index contributed by atoms with van der Waals surface area (Å²) in [5.74, 6) is -4.83. The van der Waals surface area contributed by atoms with Crippen molar-refractivity contribution in [2.45, 2.75) is 13.0 Å². The molecule has 0 saturated carbocycles. The molecule has 0 aliphatic heterocycles. The van der Waals surface area contributed by atoms with Crippen LogP contribution in [0.15, 0.2) is 42.5 Å². The van der Waals surface area contributed by atoms with Gasteiger partial charge in [0.1, 0.15) is 11.4 Å². The summed E-state index contributed by atoms with van der Waals surface area (Å²) in [6.45, 7) is 1.67. The fourth-order valence-electron chi connectivity index (χ4n) is 1.83. The van der Waals surface area contributed by atoms with Gasteiger partial charge in [-0.15, -0.1) is 0 Å². The molecule has 0 spiro atoms. The van der Waals surface area contributed by atoms with Crippen molar-refractivity contribution in [3.05, 3.63) is 71.0 Å². The molecule has 1 N–H and O–H groups in total. The van der Waals surface area contributed by atoms with Crippen LogP contribution in [0.4, 0.5) is 13.2 Å². The van der Waals surface area contributed by atoms with E-state index in [9.17, 15) is 18.0 Å². The van der Waals surface area contributed by atoms with Crippen LogP contribution >= 0.6 is 0 Å². The van der Waals surface area contributed by atoms with Crippen LogP contribution in [-0.4, -0.2) is 5.91 Å². The topological polar surface area (TPSA) is 29.1 Å². The molecule has 2 aromatic carbocycles. The molecule has 1 unspecified atom stereocenters. The summed E-state index contributed by atoms with van der Waals surface area (Å²) >= 11 is 0. The highest BCUT2D eigenvalue weighted by atomic mass is 19.2. The first-order chi connectivity index (χ1) is 9.50. The van der Waals surface area contributed by atoms with Crippen molar-refractivity contribution < 1.29 is 18.0 Å². The molecule has 20 heavy (non-hydrogen) atoms. The summed E-state index contributed by atoms with van der Waals surface area (Å²) in [4.78, 5) is 11.9. The highest BCUT2D eigenvalue weighted by Crippen LogP contribution is 2.18. The molecule has 104 valence electrons. The highest BCUT2D eigenvalue weighted by Gasteiger charge is 2.22. The SMILES string of the molecule is CC(NC(=O)c1c(F)ccc(F)c1F)c1ccccc1. The molecule has 0 bridgehead atoms. The van der Waals surface area contributed by atoms with Gasteiger partial charge in [0.05, 0.1) is 6.04 Å². The molecule has 0 saturated heterocycles. The summed E-state index contributed by atoms with van der Waals surface area (Å²) in [5, 5.41) is 2.44. The lowest BCUT2D eigenvalue weighted by atomic mass is 10.1. The number of carbonyl (C=O) groups is 1. The van der Waals surface area contributed by atoms with Crippen molar-refractivity contribution >= 4 is 5.91 Å². The predicted octanol–water partition coefficient (Wildman–Crippen LogP) is 3.59. The lowest BCUT2D eigenvalue weighted by molar-refractivity contribution is 0.0930. The van der Waals surface area contributed by atoms with Crippen LogP contribution in [0.5, 0.6) is 0 Å². The van der Waals surface area contributed by atoms with Crippen molar-refractivity contribution in [3.8, 4) is 0 Å². The van der Waals surface area contributed by atoms with Crippen molar-refractivity contribution in [1.82, 2.24) is 5.32 Å². The molecule has 2 aromatic rings. The first kappa shape index (κ1) is 14.1. The molecule has 0 aliphatic carbocycles. The van der Waals surface area contributed by atoms with Gasteiger partial charge in [-0.2, -0.15) is 0 Å². The average Bonchev–Trinajstić information content (AvgIpc) is 2.44. The molecule has 5 heteroatoms. The first-order valence-corrected chi connectivity index (χ1v) is 6.00. The number of hydrogen-bond acceptors (Lipinski definition) is 1. The van der Waals surface area contributed by atoms with E-state index >= 15 is 0 Å². The van der Waals surface area contributed by atoms with Gasteiger partial charge in [0.2, 0.25) is 0 Å². The zero-order chi connectivity index (χ0) is 14.7. The van der Waals surface area contributed by atoms with Crippen molar-refractivity contribution in [2.24, 2.45) is 0 Å². The molecule has 0 aromatic heterocycles. The van der Waals surface area contributed by atoms with Crippen molar-refractivity contribution in [1.29, 1.82) is 0 Å². The van der Waals surface area contributed by atoms with E-state index in [1.165, 1.54) is 0 Å². The van der Waals surface area contributed by atoms with Gasteiger partial charge in [0.15, 0.2) is 11.6 Å². The Bertz CT molecular complexity index is 629. The highest BCUT2D eigenvalue weighted by molar-refractivity contribution is 5.95. The normalized spacial score (nSPS) is 12.0. The minimum atomic E-state index is -1.48. The van der Waals surface area contributed by atoms with Crippen LogP contribution in [-0.2, 0) is 0 Å². The lowest BCUT2D eigenvalue weighted by Gasteiger charge is -2.15. The maximum Gasteiger partial charge on any atom is 0.257 e. The number of carbonyl (C=O) groups excluding carboxylic acids is 1. The zero-order valence-electron chi connectivity index (χ0n) is 10.7. The van der Waals surface area contributed by atoms with Crippen LogP contribution in [0.25, 0.3) is 0 Å². The number of halogens is 3. The van der Waals surface area contributed by atoms with Gasteiger partial charge in [0, 0.05) is 0 Å². The van der Waals surface area contributed by atoms with Crippen LogP contribution in [0.3, 0.4) is 0 Å². The second kappa shape index (κ2) is 5.77. The molecule has 0 fully saturated rings. The molecule has 2 rings (SSSR count). The second-order valence-electron chi connectivity index (χ2n) is 4.32. The number of hydrogen-bond donors (Lipinski definition) is 1. The van der Waals surface area contributed by atoms with Gasteiger partial charge in [-0.3, -0.25) is 4.79 Å². The summed E-state index contributed by atoms with van der Waals surface area (Å²) < 4.78 is 40.0. The number of rotatable bonds is 3. The minimum Gasteiger partial charge on any atom is -0.345 e. The predicted molar refractivity (Wildman–Crippen MR) is 68.6 cm³/mol. The lowest BCUT2D eigenvalue weighted by Crippen LogP contribution is -2.28. The maximum atomic E-state index is 13.5. The monoisotopic (exact) mass is 279 g/mol. The van der Waals surface area contributed by atoms with Crippen LogP contribution in [0.1, 0.15) is 28.9 Å². The van der Waals surface area contributed by atoms with Gasteiger partial charge in [0.25, 0.3) is 5.91 Å². The molecule has 2 nitrogen and oxygen atoms in total. The van der Waals surface area contributed by atoms with E-state index in [1.54, 1.807) is 31.2 Å². The molecule has 0 heterocycles. The maximum absolute atomic E-state index is 13.5. The van der Waals surface area contributed by atoms with E-state index in [-0.39, 0.29) is 0 Å². The number of amides is 1. The molecule has 0 radical (unpaired) electrons. The molecular formula is C15H12F3NO.